The summed E-state index contributed by atoms with van der Waals surface area (Å²) in [5.74, 6) is 2.65. The van der Waals surface area contributed by atoms with Crippen LogP contribution in [0.25, 0.3) is 0 Å². The molecule has 6 nitrogen and oxygen atoms in total. The molecule has 6 heteroatoms. The molecule has 0 radical (unpaired) electrons. The Bertz CT molecular complexity index is 1200. The van der Waals surface area contributed by atoms with Crippen molar-refractivity contribution in [2.75, 3.05) is 19.7 Å². The summed E-state index contributed by atoms with van der Waals surface area (Å²) in [6.45, 7) is 9.35. The maximum Gasteiger partial charge on any atom is 0.289 e. The van der Waals surface area contributed by atoms with Crippen LogP contribution < -0.4 is 15.2 Å². The number of fused-ring (bicyclic) bond motifs is 2. The smallest absolute Gasteiger partial charge is 0.289 e. The van der Waals surface area contributed by atoms with E-state index in [1.165, 1.54) is 11.1 Å². The van der Waals surface area contributed by atoms with E-state index in [2.05, 4.69) is 39.0 Å². The van der Waals surface area contributed by atoms with E-state index in [0.717, 1.165) is 29.9 Å². The van der Waals surface area contributed by atoms with Gasteiger partial charge >= 0.3 is 0 Å². The van der Waals surface area contributed by atoms with Crippen molar-refractivity contribution in [1.29, 1.82) is 0 Å². The maximum atomic E-state index is 13.1. The van der Waals surface area contributed by atoms with Crippen LogP contribution >= 0.6 is 0 Å². The van der Waals surface area contributed by atoms with Crippen LogP contribution in [0.1, 0.15) is 66.6 Å². The van der Waals surface area contributed by atoms with Crippen LogP contribution in [-0.2, 0) is 24.0 Å². The second-order valence-electron chi connectivity index (χ2n) is 10.7. The number of hydrogen-bond donors (Lipinski definition) is 1. The Labute approximate surface area is 207 Å². The molecule has 2 aliphatic heterocycles. The van der Waals surface area contributed by atoms with Gasteiger partial charge in [0.05, 0.1) is 6.61 Å². The lowest BCUT2D eigenvalue weighted by Gasteiger charge is -2.38. The van der Waals surface area contributed by atoms with Crippen LogP contribution in [-0.4, -0.2) is 30.5 Å². The normalized spacial score (nSPS) is 16.7. The molecule has 0 bridgehead atoms. The number of piperidine rings is 1. The van der Waals surface area contributed by atoms with Gasteiger partial charge in [0.2, 0.25) is 0 Å². The van der Waals surface area contributed by atoms with Crippen LogP contribution in [0.4, 0.5) is 0 Å². The van der Waals surface area contributed by atoms with Crippen molar-refractivity contribution >= 4 is 5.91 Å². The lowest BCUT2D eigenvalue weighted by Crippen LogP contribution is -2.46. The average molecular weight is 475 g/mol. The molecule has 1 fully saturated rings. The van der Waals surface area contributed by atoms with Gasteiger partial charge in [-0.25, -0.2) is 0 Å². The van der Waals surface area contributed by atoms with Crippen LogP contribution in [0, 0.1) is 0 Å². The fraction of sp³-hybridized carbons (Fsp3) is 0.414. The SMILES string of the molecule is CC(C)(C)c1ccc(OCc2ccc(C(=O)N3CCC4(CC3)COc3ccc(CN)cc34)o2)cc1. The molecule has 2 aromatic carbocycles. The first-order valence-corrected chi connectivity index (χ1v) is 12.4. The highest BCUT2D eigenvalue weighted by Crippen LogP contribution is 2.46. The van der Waals surface area contributed by atoms with Crippen LogP contribution in [0.5, 0.6) is 11.5 Å². The minimum absolute atomic E-state index is 0.0397. The first kappa shape index (κ1) is 23.5. The third-order valence-corrected chi connectivity index (χ3v) is 7.34. The first-order chi connectivity index (χ1) is 16.8. The standard InChI is InChI=1S/C29H34N2O4/c1-28(2,3)21-5-7-22(8-6-21)33-18-23-9-11-26(35-23)27(32)31-14-12-29(13-15-31)19-34-25-10-4-20(17-30)16-24(25)29/h4-11,16H,12-15,17-19,30H2,1-3H3. The Morgan fingerprint density at radius 3 is 2.49 bits per heavy atom. The van der Waals surface area contributed by atoms with Gasteiger partial charge in [-0.15, -0.1) is 0 Å². The van der Waals surface area contributed by atoms with Crippen molar-refractivity contribution < 1.29 is 18.7 Å². The third kappa shape index (κ3) is 4.67. The number of likely N-dealkylation sites (tertiary alicyclic amines) is 1. The summed E-state index contributed by atoms with van der Waals surface area (Å²) in [6, 6.07) is 17.9. The van der Waals surface area contributed by atoms with Crippen LogP contribution in [0.3, 0.4) is 0 Å². The molecule has 0 unspecified atom stereocenters. The average Bonchev–Trinajstić information content (AvgIpc) is 3.48. The van der Waals surface area contributed by atoms with Gasteiger partial charge in [-0.1, -0.05) is 45.0 Å². The fourth-order valence-corrected chi connectivity index (χ4v) is 5.02. The Morgan fingerprint density at radius 2 is 1.80 bits per heavy atom. The molecule has 0 saturated carbocycles. The minimum atomic E-state index is -0.0736. The summed E-state index contributed by atoms with van der Waals surface area (Å²) in [4.78, 5) is 15.0. The number of nitrogens with two attached hydrogens (primary N) is 1. The molecule has 35 heavy (non-hydrogen) atoms. The third-order valence-electron chi connectivity index (χ3n) is 7.34. The summed E-state index contributed by atoms with van der Waals surface area (Å²) < 4.78 is 17.7. The second kappa shape index (κ2) is 9.08. The predicted molar refractivity (Wildman–Crippen MR) is 135 cm³/mol. The fourth-order valence-electron chi connectivity index (χ4n) is 5.02. The van der Waals surface area contributed by atoms with Gasteiger partial charge in [0.15, 0.2) is 5.76 Å². The topological polar surface area (TPSA) is 77.9 Å². The lowest BCUT2D eigenvalue weighted by molar-refractivity contribution is 0.0612. The molecule has 3 aromatic rings. The number of benzene rings is 2. The van der Waals surface area contributed by atoms with E-state index < -0.39 is 0 Å². The monoisotopic (exact) mass is 474 g/mol. The number of nitrogens with zero attached hydrogens (tertiary/aromatic N) is 1. The zero-order valence-electron chi connectivity index (χ0n) is 20.8. The molecular weight excluding hydrogens is 440 g/mol. The molecule has 2 aliphatic rings. The molecule has 1 saturated heterocycles. The molecule has 184 valence electrons. The summed E-state index contributed by atoms with van der Waals surface area (Å²) in [7, 11) is 0. The Hall–Kier alpha value is -3.25. The van der Waals surface area contributed by atoms with Crippen LogP contribution in [0.2, 0.25) is 0 Å². The lowest BCUT2D eigenvalue weighted by atomic mass is 9.74. The number of rotatable bonds is 5. The van der Waals surface area contributed by atoms with E-state index in [4.69, 9.17) is 19.6 Å². The maximum absolute atomic E-state index is 13.1. The zero-order chi connectivity index (χ0) is 24.6. The molecule has 5 rings (SSSR count). The highest BCUT2D eigenvalue weighted by molar-refractivity contribution is 5.91. The quantitative estimate of drug-likeness (QED) is 0.551. The Balaban J connectivity index is 1.18. The predicted octanol–water partition coefficient (Wildman–Crippen LogP) is 5.18. The number of ether oxygens (including phenoxy) is 2. The minimum Gasteiger partial charge on any atom is -0.492 e. The summed E-state index contributed by atoms with van der Waals surface area (Å²) >= 11 is 0. The second-order valence-corrected chi connectivity index (χ2v) is 10.7. The Kier molecular flexibility index (Phi) is 6.09. The van der Waals surface area contributed by atoms with Crippen molar-refractivity contribution in [2.45, 2.75) is 57.6 Å². The van der Waals surface area contributed by atoms with E-state index in [-0.39, 0.29) is 23.3 Å². The van der Waals surface area contributed by atoms with Gasteiger partial charge < -0.3 is 24.5 Å². The molecule has 2 N–H and O–H groups in total. The summed E-state index contributed by atoms with van der Waals surface area (Å²) in [5.41, 5.74) is 9.52. The van der Waals surface area contributed by atoms with Gasteiger partial charge in [0.1, 0.15) is 23.9 Å². The van der Waals surface area contributed by atoms with Gasteiger partial charge in [-0.3, -0.25) is 4.79 Å². The van der Waals surface area contributed by atoms with Gasteiger partial charge in [0, 0.05) is 30.6 Å². The van der Waals surface area contributed by atoms with Crippen molar-refractivity contribution in [3.05, 3.63) is 82.8 Å². The molecule has 0 atom stereocenters. The number of carbonyl (C=O) groups excluding carboxylic acids is 1. The molecule has 1 aromatic heterocycles. The van der Waals surface area contributed by atoms with Gasteiger partial charge in [0.25, 0.3) is 5.91 Å². The van der Waals surface area contributed by atoms with E-state index >= 15 is 0 Å². The van der Waals surface area contributed by atoms with Gasteiger partial charge in [-0.05, 0) is 59.7 Å². The largest absolute Gasteiger partial charge is 0.492 e. The summed E-state index contributed by atoms with van der Waals surface area (Å²) in [5, 5.41) is 0. The molecule has 0 aliphatic carbocycles. The molecule has 1 amide bonds. The van der Waals surface area contributed by atoms with Crippen molar-refractivity contribution in [3.8, 4) is 11.5 Å². The van der Waals surface area contributed by atoms with Crippen molar-refractivity contribution in [3.63, 3.8) is 0 Å². The first-order valence-electron chi connectivity index (χ1n) is 12.4. The highest BCUT2D eigenvalue weighted by atomic mass is 16.5. The van der Waals surface area contributed by atoms with E-state index in [9.17, 15) is 4.79 Å². The van der Waals surface area contributed by atoms with E-state index in [1.54, 1.807) is 6.07 Å². The van der Waals surface area contributed by atoms with Crippen LogP contribution in [0.15, 0.2) is 59.0 Å². The van der Waals surface area contributed by atoms with Crippen molar-refractivity contribution in [1.82, 2.24) is 4.90 Å². The number of furan rings is 1. The van der Waals surface area contributed by atoms with E-state index in [0.29, 0.717) is 37.8 Å². The highest BCUT2D eigenvalue weighted by Gasteiger charge is 2.44. The Morgan fingerprint density at radius 1 is 1.06 bits per heavy atom. The number of amides is 1. The van der Waals surface area contributed by atoms with E-state index in [1.807, 2.05) is 35.2 Å². The number of hydrogen-bond acceptors (Lipinski definition) is 5. The summed E-state index contributed by atoms with van der Waals surface area (Å²) in [6.07, 6.45) is 1.72. The van der Waals surface area contributed by atoms with Crippen molar-refractivity contribution in [2.24, 2.45) is 5.73 Å². The van der Waals surface area contributed by atoms with Gasteiger partial charge in [-0.2, -0.15) is 0 Å². The number of carbonyl (C=O) groups is 1. The molecule has 3 heterocycles. The molecule has 1 spiro atoms. The molecular formula is C29H34N2O4. The zero-order valence-corrected chi connectivity index (χ0v) is 20.8.